The number of hydrogen-bond donors (Lipinski definition) is 0. The van der Waals surface area contributed by atoms with E-state index in [1.165, 1.54) is 11.0 Å². The summed E-state index contributed by atoms with van der Waals surface area (Å²) in [4.78, 5) is 27.7. The van der Waals surface area contributed by atoms with Crippen LogP contribution in [0.25, 0.3) is 0 Å². The second-order valence-electron chi connectivity index (χ2n) is 3.82. The molecule has 1 aromatic heterocycles. The van der Waals surface area contributed by atoms with Crippen molar-refractivity contribution in [3.8, 4) is 0 Å². The van der Waals surface area contributed by atoms with Gasteiger partial charge in [-0.2, -0.15) is 0 Å². The number of rotatable bonds is 6. The van der Waals surface area contributed by atoms with Crippen LogP contribution in [0.2, 0.25) is 5.15 Å². The first-order valence-electron chi connectivity index (χ1n) is 5.71. The normalized spacial score (nSPS) is 10.0. The topological polar surface area (TPSA) is 76.3 Å². The van der Waals surface area contributed by atoms with Crippen molar-refractivity contribution < 1.29 is 9.72 Å². The highest BCUT2D eigenvalue weighted by molar-refractivity contribution is 6.29. The lowest BCUT2D eigenvalue weighted by molar-refractivity contribution is -0.385. The molecule has 6 nitrogen and oxygen atoms in total. The van der Waals surface area contributed by atoms with Gasteiger partial charge in [-0.1, -0.05) is 24.6 Å². The maximum atomic E-state index is 12.3. The van der Waals surface area contributed by atoms with E-state index in [9.17, 15) is 14.9 Å². The Kier molecular flexibility index (Phi) is 5.44. The number of amides is 1. The third-order valence-corrected chi connectivity index (χ3v) is 2.61. The van der Waals surface area contributed by atoms with E-state index in [0.29, 0.717) is 13.1 Å². The molecular formula is C12H14ClN3O3. The van der Waals surface area contributed by atoms with Gasteiger partial charge in [0.25, 0.3) is 11.6 Å². The Labute approximate surface area is 115 Å². The van der Waals surface area contributed by atoms with E-state index < -0.39 is 10.8 Å². The van der Waals surface area contributed by atoms with Gasteiger partial charge in [0.05, 0.1) is 4.92 Å². The quantitative estimate of drug-likeness (QED) is 0.348. The number of nitrogens with zero attached hydrogens (tertiary/aromatic N) is 3. The van der Waals surface area contributed by atoms with Crippen LogP contribution in [-0.2, 0) is 0 Å². The standard InChI is InChI=1S/C12H14ClN3O3/c1-3-5-15(6-4-2)12(17)9-7-11(13)14-8-10(9)16(18)19/h3,7-8H,1,4-6H2,2H3. The largest absolute Gasteiger partial charge is 0.335 e. The van der Waals surface area contributed by atoms with E-state index in [1.807, 2.05) is 6.92 Å². The number of hydrogen-bond acceptors (Lipinski definition) is 4. The summed E-state index contributed by atoms with van der Waals surface area (Å²) in [7, 11) is 0. The van der Waals surface area contributed by atoms with Crippen molar-refractivity contribution >= 4 is 23.2 Å². The summed E-state index contributed by atoms with van der Waals surface area (Å²) < 4.78 is 0. The van der Waals surface area contributed by atoms with Gasteiger partial charge in [-0.3, -0.25) is 14.9 Å². The van der Waals surface area contributed by atoms with Crippen LogP contribution in [-0.4, -0.2) is 33.8 Å². The second kappa shape index (κ2) is 6.84. The molecule has 102 valence electrons. The molecule has 0 unspecified atom stereocenters. The Bertz CT molecular complexity index is 505. The first kappa shape index (κ1) is 15.1. The SMILES string of the molecule is C=CCN(CCC)C(=O)c1cc(Cl)ncc1[N+](=O)[O-]. The predicted octanol–water partition coefficient (Wildman–Crippen LogP) is 2.68. The Morgan fingerprint density at radius 1 is 1.68 bits per heavy atom. The molecule has 0 aromatic carbocycles. The van der Waals surface area contributed by atoms with Crippen LogP contribution in [0.4, 0.5) is 5.69 Å². The molecule has 0 aliphatic heterocycles. The molecule has 0 spiro atoms. The maximum Gasteiger partial charge on any atom is 0.300 e. The lowest BCUT2D eigenvalue weighted by atomic mass is 10.2. The molecule has 1 rings (SSSR count). The van der Waals surface area contributed by atoms with E-state index in [0.717, 1.165) is 12.6 Å². The molecule has 0 aliphatic carbocycles. The van der Waals surface area contributed by atoms with Crippen LogP contribution in [0.5, 0.6) is 0 Å². The van der Waals surface area contributed by atoms with Crippen molar-refractivity contribution in [2.45, 2.75) is 13.3 Å². The predicted molar refractivity (Wildman–Crippen MR) is 72.3 cm³/mol. The van der Waals surface area contributed by atoms with Gasteiger partial charge in [-0.05, 0) is 12.5 Å². The fourth-order valence-electron chi connectivity index (χ4n) is 1.61. The van der Waals surface area contributed by atoms with Gasteiger partial charge in [0.2, 0.25) is 0 Å². The lowest BCUT2D eigenvalue weighted by Crippen LogP contribution is -2.32. The highest BCUT2D eigenvalue weighted by Gasteiger charge is 2.24. The van der Waals surface area contributed by atoms with Crippen LogP contribution in [0, 0.1) is 10.1 Å². The molecule has 7 heteroatoms. The van der Waals surface area contributed by atoms with Crippen molar-refractivity contribution in [1.29, 1.82) is 0 Å². The van der Waals surface area contributed by atoms with E-state index in [4.69, 9.17) is 11.6 Å². The monoisotopic (exact) mass is 283 g/mol. The Hall–Kier alpha value is -1.95. The van der Waals surface area contributed by atoms with Crippen molar-refractivity contribution in [2.75, 3.05) is 13.1 Å². The number of halogens is 1. The molecule has 0 radical (unpaired) electrons. The fraction of sp³-hybridized carbons (Fsp3) is 0.333. The summed E-state index contributed by atoms with van der Waals surface area (Å²) in [6.07, 6.45) is 3.31. The molecule has 0 aliphatic rings. The summed E-state index contributed by atoms with van der Waals surface area (Å²) in [5, 5.41) is 11.0. The van der Waals surface area contributed by atoms with Crippen molar-refractivity contribution in [2.24, 2.45) is 0 Å². The van der Waals surface area contributed by atoms with Gasteiger partial charge >= 0.3 is 0 Å². The number of carbonyl (C=O) groups excluding carboxylic acids is 1. The summed E-state index contributed by atoms with van der Waals surface area (Å²) in [5.74, 6) is -0.447. The molecule has 0 saturated carbocycles. The average Bonchev–Trinajstić information content (AvgIpc) is 2.37. The van der Waals surface area contributed by atoms with Gasteiger partial charge in [0.1, 0.15) is 16.9 Å². The molecular weight excluding hydrogens is 270 g/mol. The Balaban J connectivity index is 3.18. The van der Waals surface area contributed by atoms with E-state index in [1.54, 1.807) is 6.08 Å². The summed E-state index contributed by atoms with van der Waals surface area (Å²) >= 11 is 5.70. The van der Waals surface area contributed by atoms with Crippen LogP contribution in [0.1, 0.15) is 23.7 Å². The average molecular weight is 284 g/mol. The summed E-state index contributed by atoms with van der Waals surface area (Å²) in [5.41, 5.74) is -0.403. The van der Waals surface area contributed by atoms with Gasteiger partial charge in [-0.15, -0.1) is 6.58 Å². The zero-order valence-electron chi connectivity index (χ0n) is 10.5. The highest BCUT2D eigenvalue weighted by Crippen LogP contribution is 2.22. The zero-order chi connectivity index (χ0) is 14.4. The minimum absolute atomic E-state index is 0.0454. The smallest absolute Gasteiger partial charge is 0.300 e. The van der Waals surface area contributed by atoms with E-state index in [2.05, 4.69) is 11.6 Å². The number of nitro groups is 1. The third-order valence-electron chi connectivity index (χ3n) is 2.41. The molecule has 0 fully saturated rings. The maximum absolute atomic E-state index is 12.3. The van der Waals surface area contributed by atoms with Gasteiger partial charge < -0.3 is 4.90 Å². The number of pyridine rings is 1. The van der Waals surface area contributed by atoms with Gasteiger partial charge in [0, 0.05) is 13.1 Å². The zero-order valence-corrected chi connectivity index (χ0v) is 11.3. The highest BCUT2D eigenvalue weighted by atomic mass is 35.5. The van der Waals surface area contributed by atoms with E-state index >= 15 is 0 Å². The Morgan fingerprint density at radius 3 is 2.89 bits per heavy atom. The third kappa shape index (κ3) is 3.75. The van der Waals surface area contributed by atoms with Crippen LogP contribution < -0.4 is 0 Å². The molecule has 0 N–H and O–H groups in total. The first-order valence-corrected chi connectivity index (χ1v) is 6.09. The molecule has 19 heavy (non-hydrogen) atoms. The fourth-order valence-corrected chi connectivity index (χ4v) is 1.77. The summed E-state index contributed by atoms with van der Waals surface area (Å²) in [6, 6.07) is 1.22. The second-order valence-corrected chi connectivity index (χ2v) is 4.21. The van der Waals surface area contributed by atoms with Crippen LogP contribution in [0.15, 0.2) is 24.9 Å². The summed E-state index contributed by atoms with van der Waals surface area (Å²) in [6.45, 7) is 6.29. The molecule has 0 saturated heterocycles. The number of aromatic nitrogens is 1. The van der Waals surface area contributed by atoms with Gasteiger partial charge in [-0.25, -0.2) is 4.98 Å². The molecule has 0 bridgehead atoms. The van der Waals surface area contributed by atoms with Crippen LogP contribution in [0.3, 0.4) is 0 Å². The van der Waals surface area contributed by atoms with Crippen LogP contribution >= 0.6 is 11.6 Å². The molecule has 1 heterocycles. The molecule has 0 atom stereocenters. The van der Waals surface area contributed by atoms with E-state index in [-0.39, 0.29) is 16.4 Å². The number of carbonyl (C=O) groups is 1. The minimum Gasteiger partial charge on any atom is -0.335 e. The van der Waals surface area contributed by atoms with Crippen molar-refractivity contribution in [3.05, 3.63) is 45.7 Å². The minimum atomic E-state index is -0.644. The van der Waals surface area contributed by atoms with Gasteiger partial charge in [0.15, 0.2) is 0 Å². The first-order chi connectivity index (χ1) is 9.01. The lowest BCUT2D eigenvalue weighted by Gasteiger charge is -2.20. The Morgan fingerprint density at radius 2 is 2.37 bits per heavy atom. The molecule has 1 aromatic rings. The molecule has 1 amide bonds. The van der Waals surface area contributed by atoms with Crippen molar-refractivity contribution in [3.63, 3.8) is 0 Å². The van der Waals surface area contributed by atoms with Crippen molar-refractivity contribution in [1.82, 2.24) is 9.88 Å².